The molecule has 3 nitrogen and oxygen atoms in total. The number of isocyanates is 1. The van der Waals surface area contributed by atoms with Crippen LogP contribution in [0.2, 0.25) is 0 Å². The molecule has 0 heterocycles. The van der Waals surface area contributed by atoms with E-state index in [0.29, 0.717) is 5.92 Å². The molecule has 18 heavy (non-hydrogen) atoms. The summed E-state index contributed by atoms with van der Waals surface area (Å²) in [5.41, 5.74) is 0. The lowest BCUT2D eigenvalue weighted by molar-refractivity contribution is 0.0221. The Bertz CT molecular complexity index is 259. The third kappa shape index (κ3) is 6.32. The Labute approximate surface area is 111 Å². The fraction of sp³-hybridized carbons (Fsp3) is 0.933. The SMILES string of the molecule is CC(C)CCOC1CCCCCCCC1N=C=O. The molecule has 1 aliphatic rings. The molecule has 0 aromatic rings. The van der Waals surface area contributed by atoms with Gasteiger partial charge in [-0.05, 0) is 25.2 Å². The number of nitrogens with zero attached hydrogens (tertiary/aromatic N) is 1. The Balaban J connectivity index is 2.50. The zero-order valence-electron chi connectivity index (χ0n) is 11.9. The third-order valence-corrected chi connectivity index (χ3v) is 3.66. The van der Waals surface area contributed by atoms with Crippen LogP contribution in [-0.2, 0) is 9.53 Å². The van der Waals surface area contributed by atoms with Crippen molar-refractivity contribution < 1.29 is 9.53 Å². The third-order valence-electron chi connectivity index (χ3n) is 3.66. The second-order valence-corrected chi connectivity index (χ2v) is 5.72. The van der Waals surface area contributed by atoms with Gasteiger partial charge >= 0.3 is 0 Å². The van der Waals surface area contributed by atoms with Crippen molar-refractivity contribution in [3.8, 4) is 0 Å². The van der Waals surface area contributed by atoms with Gasteiger partial charge in [-0.15, -0.1) is 0 Å². The molecule has 3 heteroatoms. The second-order valence-electron chi connectivity index (χ2n) is 5.72. The van der Waals surface area contributed by atoms with E-state index in [1.165, 1.54) is 25.7 Å². The van der Waals surface area contributed by atoms with Crippen LogP contribution in [-0.4, -0.2) is 24.8 Å². The highest BCUT2D eigenvalue weighted by atomic mass is 16.5. The zero-order chi connectivity index (χ0) is 13.2. The number of hydrogen-bond donors (Lipinski definition) is 0. The van der Waals surface area contributed by atoms with Crippen LogP contribution in [0.1, 0.15) is 65.2 Å². The lowest BCUT2D eigenvalue weighted by Crippen LogP contribution is -2.28. The standard InChI is InChI=1S/C15H27NO2/c1-13(2)10-11-18-15-9-7-5-3-4-6-8-14(15)16-12-17/h13-15H,3-11H2,1-2H3. The van der Waals surface area contributed by atoms with Gasteiger partial charge in [-0.25, -0.2) is 4.79 Å². The molecule has 0 amide bonds. The van der Waals surface area contributed by atoms with Crippen molar-refractivity contribution in [3.05, 3.63) is 0 Å². The Morgan fingerprint density at radius 3 is 2.50 bits per heavy atom. The van der Waals surface area contributed by atoms with Gasteiger partial charge in [0.05, 0.1) is 12.1 Å². The number of hydrogen-bond acceptors (Lipinski definition) is 3. The van der Waals surface area contributed by atoms with Gasteiger partial charge in [0.25, 0.3) is 0 Å². The molecule has 0 radical (unpaired) electrons. The monoisotopic (exact) mass is 253 g/mol. The van der Waals surface area contributed by atoms with Gasteiger partial charge < -0.3 is 4.74 Å². The van der Waals surface area contributed by atoms with E-state index in [0.717, 1.165) is 32.3 Å². The summed E-state index contributed by atoms with van der Waals surface area (Å²) in [5.74, 6) is 0.661. The van der Waals surface area contributed by atoms with Crippen molar-refractivity contribution in [3.63, 3.8) is 0 Å². The van der Waals surface area contributed by atoms with E-state index < -0.39 is 0 Å². The minimum atomic E-state index is 0.0350. The minimum Gasteiger partial charge on any atom is -0.376 e. The summed E-state index contributed by atoms with van der Waals surface area (Å²) < 4.78 is 5.98. The predicted octanol–water partition coefficient (Wildman–Crippen LogP) is 3.87. The molecule has 0 aliphatic heterocycles. The van der Waals surface area contributed by atoms with Crippen molar-refractivity contribution in [2.45, 2.75) is 77.4 Å². The molecular weight excluding hydrogens is 226 g/mol. The molecule has 1 fully saturated rings. The maximum Gasteiger partial charge on any atom is 0.235 e. The van der Waals surface area contributed by atoms with Crippen LogP contribution >= 0.6 is 0 Å². The van der Waals surface area contributed by atoms with Gasteiger partial charge in [0.1, 0.15) is 0 Å². The summed E-state index contributed by atoms with van der Waals surface area (Å²) in [6.45, 7) is 5.19. The van der Waals surface area contributed by atoms with Crippen LogP contribution in [0.4, 0.5) is 0 Å². The average molecular weight is 253 g/mol. The fourth-order valence-corrected chi connectivity index (χ4v) is 2.47. The molecular formula is C15H27NO2. The largest absolute Gasteiger partial charge is 0.376 e. The van der Waals surface area contributed by atoms with E-state index >= 15 is 0 Å². The smallest absolute Gasteiger partial charge is 0.235 e. The Hall–Kier alpha value is -0.660. The summed E-state index contributed by atoms with van der Waals surface area (Å²) in [5, 5.41) is 0. The van der Waals surface area contributed by atoms with Crippen molar-refractivity contribution in [2.24, 2.45) is 10.9 Å². The Morgan fingerprint density at radius 2 is 1.83 bits per heavy atom. The van der Waals surface area contributed by atoms with E-state index in [1.807, 2.05) is 0 Å². The summed E-state index contributed by atoms with van der Waals surface area (Å²) in [6.07, 6.45) is 11.1. The van der Waals surface area contributed by atoms with Crippen LogP contribution in [0, 0.1) is 5.92 Å². The van der Waals surface area contributed by atoms with Crippen molar-refractivity contribution in [2.75, 3.05) is 6.61 Å². The van der Waals surface area contributed by atoms with Crippen molar-refractivity contribution >= 4 is 6.08 Å². The highest BCUT2D eigenvalue weighted by Crippen LogP contribution is 2.22. The summed E-state index contributed by atoms with van der Waals surface area (Å²) in [6, 6.07) is 0.0350. The molecule has 2 unspecified atom stereocenters. The summed E-state index contributed by atoms with van der Waals surface area (Å²) in [7, 11) is 0. The first-order valence-corrected chi connectivity index (χ1v) is 7.42. The maximum absolute atomic E-state index is 10.5. The van der Waals surface area contributed by atoms with Gasteiger partial charge in [-0.2, -0.15) is 4.99 Å². The van der Waals surface area contributed by atoms with Crippen LogP contribution in [0.5, 0.6) is 0 Å². The molecule has 0 bridgehead atoms. The summed E-state index contributed by atoms with van der Waals surface area (Å²) >= 11 is 0. The number of aliphatic imine (C=N–C) groups is 1. The minimum absolute atomic E-state index is 0.0350. The van der Waals surface area contributed by atoms with E-state index in [2.05, 4.69) is 18.8 Å². The molecule has 104 valence electrons. The van der Waals surface area contributed by atoms with E-state index in [9.17, 15) is 4.79 Å². The zero-order valence-corrected chi connectivity index (χ0v) is 11.9. The van der Waals surface area contributed by atoms with Gasteiger partial charge in [-0.1, -0.05) is 46.0 Å². The quantitative estimate of drug-likeness (QED) is 0.551. The molecule has 0 N–H and O–H groups in total. The number of carbonyl (C=O) groups excluding carboxylic acids is 1. The predicted molar refractivity (Wildman–Crippen MR) is 73.4 cm³/mol. The Morgan fingerprint density at radius 1 is 1.17 bits per heavy atom. The highest BCUT2D eigenvalue weighted by molar-refractivity contribution is 5.33. The fourth-order valence-electron chi connectivity index (χ4n) is 2.47. The van der Waals surface area contributed by atoms with Crippen molar-refractivity contribution in [1.82, 2.24) is 0 Å². The molecule has 0 aromatic heterocycles. The first kappa shape index (κ1) is 15.4. The first-order valence-electron chi connectivity index (χ1n) is 7.42. The summed E-state index contributed by atoms with van der Waals surface area (Å²) in [4.78, 5) is 14.5. The lowest BCUT2D eigenvalue weighted by Gasteiger charge is -2.23. The van der Waals surface area contributed by atoms with Gasteiger partial charge in [0.2, 0.25) is 6.08 Å². The normalized spacial score (nSPS) is 25.9. The van der Waals surface area contributed by atoms with Crippen LogP contribution in [0.25, 0.3) is 0 Å². The van der Waals surface area contributed by atoms with Gasteiger partial charge in [0, 0.05) is 6.61 Å². The maximum atomic E-state index is 10.5. The van der Waals surface area contributed by atoms with Gasteiger partial charge in [0.15, 0.2) is 0 Å². The molecule has 1 aliphatic carbocycles. The second kappa shape index (κ2) is 9.29. The topological polar surface area (TPSA) is 38.7 Å². The molecule has 1 saturated carbocycles. The number of rotatable bonds is 5. The van der Waals surface area contributed by atoms with Crippen molar-refractivity contribution in [1.29, 1.82) is 0 Å². The average Bonchev–Trinajstić information content (AvgIpc) is 2.43. The van der Waals surface area contributed by atoms with Crippen LogP contribution in [0.3, 0.4) is 0 Å². The molecule has 1 rings (SSSR count). The van der Waals surface area contributed by atoms with Gasteiger partial charge in [-0.3, -0.25) is 0 Å². The van der Waals surface area contributed by atoms with Crippen LogP contribution in [0.15, 0.2) is 4.99 Å². The molecule has 0 spiro atoms. The highest BCUT2D eigenvalue weighted by Gasteiger charge is 2.22. The van der Waals surface area contributed by atoms with E-state index in [1.54, 1.807) is 6.08 Å². The Kier molecular flexibility index (Phi) is 7.95. The molecule has 2 atom stereocenters. The molecule has 0 saturated heterocycles. The molecule has 0 aromatic carbocycles. The lowest BCUT2D eigenvalue weighted by atomic mass is 10.0. The first-order chi connectivity index (χ1) is 8.74. The van der Waals surface area contributed by atoms with E-state index in [4.69, 9.17) is 4.74 Å². The number of ether oxygens (including phenoxy) is 1. The van der Waals surface area contributed by atoms with E-state index in [-0.39, 0.29) is 12.1 Å². The van der Waals surface area contributed by atoms with Crippen LogP contribution < -0.4 is 0 Å².